The average Bonchev–Trinajstić information content (AvgIpc) is 3.19. The highest BCUT2D eigenvalue weighted by Crippen LogP contribution is 2.46. The van der Waals surface area contributed by atoms with Crippen LogP contribution in [0.1, 0.15) is 20.7 Å². The summed E-state index contributed by atoms with van der Waals surface area (Å²) in [6.45, 7) is 0.128. The Balaban J connectivity index is 2.00. The summed E-state index contributed by atoms with van der Waals surface area (Å²) in [7, 11) is 0. The molecule has 1 aromatic heterocycles. The van der Waals surface area contributed by atoms with Gasteiger partial charge in [0, 0.05) is 28.9 Å². The van der Waals surface area contributed by atoms with Crippen molar-refractivity contribution in [1.82, 2.24) is 10.3 Å². The number of hydrogen-bond donors (Lipinski definition) is 1. The van der Waals surface area contributed by atoms with E-state index in [9.17, 15) is 9.59 Å². The van der Waals surface area contributed by atoms with Crippen LogP contribution in [-0.2, 0) is 0 Å². The first-order valence-electron chi connectivity index (χ1n) is 7.39. The van der Waals surface area contributed by atoms with E-state index in [2.05, 4.69) is 10.3 Å². The summed E-state index contributed by atoms with van der Waals surface area (Å²) in [5.41, 5.74) is 2.10. The molecule has 1 N–H and O–H groups in total. The SMILES string of the molecule is O=C1NC(=O)c2c1cc1ccc3c(c1c2-c1cccnc1)OCO3. The number of benzene rings is 2. The standard InChI is InChI=1S/C18H10N2O4/c21-17-11-6-9-3-4-12-16(24-8-23-12)14(9)13(15(11)18(22)20-17)10-2-1-5-19-7-10/h1-7H,8H2,(H,20,21,22). The summed E-state index contributed by atoms with van der Waals surface area (Å²) in [6, 6.07) is 9.02. The van der Waals surface area contributed by atoms with Gasteiger partial charge in [-0.2, -0.15) is 0 Å². The molecule has 0 unspecified atom stereocenters. The lowest BCUT2D eigenvalue weighted by Gasteiger charge is -2.13. The van der Waals surface area contributed by atoms with E-state index in [1.165, 1.54) is 0 Å². The molecule has 6 nitrogen and oxygen atoms in total. The van der Waals surface area contributed by atoms with E-state index in [0.717, 1.165) is 16.3 Å². The first kappa shape index (κ1) is 13.1. The number of nitrogens with zero attached hydrogens (tertiary/aromatic N) is 1. The lowest BCUT2D eigenvalue weighted by Crippen LogP contribution is -2.20. The number of amides is 2. The van der Waals surface area contributed by atoms with Crippen molar-refractivity contribution in [3.63, 3.8) is 0 Å². The molecule has 2 aromatic carbocycles. The second-order valence-corrected chi connectivity index (χ2v) is 5.60. The third-order valence-electron chi connectivity index (χ3n) is 4.29. The Morgan fingerprint density at radius 1 is 1.04 bits per heavy atom. The second-order valence-electron chi connectivity index (χ2n) is 5.60. The van der Waals surface area contributed by atoms with Crippen molar-refractivity contribution < 1.29 is 19.1 Å². The maximum atomic E-state index is 12.4. The van der Waals surface area contributed by atoms with Crippen LogP contribution in [0.5, 0.6) is 11.5 Å². The van der Waals surface area contributed by atoms with Gasteiger partial charge in [0.05, 0.1) is 11.1 Å². The topological polar surface area (TPSA) is 77.5 Å². The highest BCUT2D eigenvalue weighted by atomic mass is 16.7. The van der Waals surface area contributed by atoms with E-state index >= 15 is 0 Å². The zero-order valence-electron chi connectivity index (χ0n) is 12.3. The highest BCUT2D eigenvalue weighted by Gasteiger charge is 2.33. The normalized spacial score (nSPS) is 14.8. The molecule has 0 radical (unpaired) electrons. The van der Waals surface area contributed by atoms with Crippen molar-refractivity contribution in [3.05, 3.63) is 53.9 Å². The Morgan fingerprint density at radius 2 is 1.96 bits per heavy atom. The summed E-state index contributed by atoms with van der Waals surface area (Å²) in [6.07, 6.45) is 3.32. The molecule has 3 aromatic rings. The summed E-state index contributed by atoms with van der Waals surface area (Å²) in [4.78, 5) is 28.7. The van der Waals surface area contributed by atoms with Crippen LogP contribution in [0.25, 0.3) is 21.9 Å². The third-order valence-corrected chi connectivity index (χ3v) is 4.29. The van der Waals surface area contributed by atoms with E-state index in [1.54, 1.807) is 30.6 Å². The van der Waals surface area contributed by atoms with Gasteiger partial charge in [-0.05, 0) is 23.6 Å². The van der Waals surface area contributed by atoms with Crippen LogP contribution in [0.15, 0.2) is 42.7 Å². The van der Waals surface area contributed by atoms with Crippen LogP contribution < -0.4 is 14.8 Å². The number of imide groups is 1. The number of ether oxygens (including phenoxy) is 2. The zero-order valence-corrected chi connectivity index (χ0v) is 12.3. The predicted octanol–water partition coefficient (Wildman–Crippen LogP) is 2.51. The number of nitrogens with one attached hydrogen (secondary N) is 1. The minimum atomic E-state index is -0.410. The lowest BCUT2D eigenvalue weighted by molar-refractivity contribution is 0.0880. The molecule has 116 valence electrons. The number of carbonyl (C=O) groups is 2. The molecule has 0 fully saturated rings. The zero-order chi connectivity index (χ0) is 16.3. The van der Waals surface area contributed by atoms with E-state index in [4.69, 9.17) is 9.47 Å². The van der Waals surface area contributed by atoms with E-state index < -0.39 is 5.91 Å². The third kappa shape index (κ3) is 1.62. The monoisotopic (exact) mass is 318 g/mol. The van der Waals surface area contributed by atoms with Crippen LogP contribution in [-0.4, -0.2) is 23.6 Å². The quantitative estimate of drug-likeness (QED) is 0.698. The molecule has 3 heterocycles. The lowest BCUT2D eigenvalue weighted by atomic mass is 9.90. The second kappa shape index (κ2) is 4.55. The van der Waals surface area contributed by atoms with E-state index in [-0.39, 0.29) is 12.7 Å². The molecule has 2 aliphatic heterocycles. The molecule has 0 aliphatic carbocycles. The maximum absolute atomic E-state index is 12.4. The minimum Gasteiger partial charge on any atom is -0.454 e. The van der Waals surface area contributed by atoms with Gasteiger partial charge in [-0.15, -0.1) is 0 Å². The van der Waals surface area contributed by atoms with Crippen molar-refractivity contribution in [2.75, 3.05) is 6.79 Å². The van der Waals surface area contributed by atoms with Gasteiger partial charge < -0.3 is 9.47 Å². The van der Waals surface area contributed by atoms with E-state index in [0.29, 0.717) is 28.2 Å². The number of fused-ring (bicyclic) bond motifs is 4. The molecule has 2 amide bonds. The fourth-order valence-corrected chi connectivity index (χ4v) is 3.30. The largest absolute Gasteiger partial charge is 0.454 e. The van der Waals surface area contributed by atoms with Crippen LogP contribution >= 0.6 is 0 Å². The highest BCUT2D eigenvalue weighted by molar-refractivity contribution is 6.28. The van der Waals surface area contributed by atoms with Crippen molar-refractivity contribution in [1.29, 1.82) is 0 Å². The number of hydrogen-bond acceptors (Lipinski definition) is 5. The summed E-state index contributed by atoms with van der Waals surface area (Å²) >= 11 is 0. The number of aromatic nitrogens is 1. The van der Waals surface area contributed by atoms with Gasteiger partial charge in [-0.25, -0.2) is 0 Å². The Kier molecular flexibility index (Phi) is 2.48. The predicted molar refractivity (Wildman–Crippen MR) is 85.1 cm³/mol. The van der Waals surface area contributed by atoms with Crippen LogP contribution in [0.2, 0.25) is 0 Å². The molecule has 0 saturated heterocycles. The Labute approximate surface area is 136 Å². The van der Waals surface area contributed by atoms with Gasteiger partial charge in [0.25, 0.3) is 11.8 Å². The molecule has 6 heteroatoms. The summed E-state index contributed by atoms with van der Waals surface area (Å²) < 4.78 is 11.1. The smallest absolute Gasteiger partial charge is 0.259 e. The van der Waals surface area contributed by atoms with Crippen LogP contribution in [0.3, 0.4) is 0 Å². The molecule has 5 rings (SSSR count). The van der Waals surface area contributed by atoms with Crippen molar-refractivity contribution in [3.8, 4) is 22.6 Å². The summed E-state index contributed by atoms with van der Waals surface area (Å²) in [5, 5.41) is 3.92. The molecule has 0 saturated carbocycles. The summed E-state index contributed by atoms with van der Waals surface area (Å²) in [5.74, 6) is 0.408. The number of rotatable bonds is 1. The van der Waals surface area contributed by atoms with Crippen molar-refractivity contribution in [2.45, 2.75) is 0 Å². The number of carbonyl (C=O) groups excluding carboxylic acids is 2. The first-order valence-corrected chi connectivity index (χ1v) is 7.39. The van der Waals surface area contributed by atoms with Gasteiger partial charge >= 0.3 is 0 Å². The molecule has 0 atom stereocenters. The number of pyridine rings is 1. The average molecular weight is 318 g/mol. The fourth-order valence-electron chi connectivity index (χ4n) is 3.30. The van der Waals surface area contributed by atoms with Crippen molar-refractivity contribution in [2.24, 2.45) is 0 Å². The molecule has 2 aliphatic rings. The molecule has 0 spiro atoms. The van der Waals surface area contributed by atoms with Gasteiger partial charge in [0.2, 0.25) is 6.79 Å². The molecule has 0 bridgehead atoms. The Hall–Kier alpha value is -3.41. The molecular weight excluding hydrogens is 308 g/mol. The van der Waals surface area contributed by atoms with E-state index in [1.807, 2.05) is 12.1 Å². The van der Waals surface area contributed by atoms with Crippen LogP contribution in [0, 0.1) is 0 Å². The van der Waals surface area contributed by atoms with Gasteiger partial charge in [0.15, 0.2) is 11.5 Å². The minimum absolute atomic E-state index is 0.128. The van der Waals surface area contributed by atoms with Gasteiger partial charge in [-0.3, -0.25) is 19.9 Å². The fraction of sp³-hybridized carbons (Fsp3) is 0.0556. The Morgan fingerprint density at radius 3 is 2.79 bits per heavy atom. The van der Waals surface area contributed by atoms with Gasteiger partial charge in [0.1, 0.15) is 0 Å². The Bertz CT molecular complexity index is 1040. The van der Waals surface area contributed by atoms with Crippen molar-refractivity contribution >= 4 is 22.6 Å². The van der Waals surface area contributed by atoms with Crippen LogP contribution in [0.4, 0.5) is 0 Å². The molecule has 24 heavy (non-hydrogen) atoms. The maximum Gasteiger partial charge on any atom is 0.259 e. The first-order chi connectivity index (χ1) is 11.7. The van der Waals surface area contributed by atoms with Gasteiger partial charge in [-0.1, -0.05) is 12.1 Å². The molecular formula is C18H10N2O4.